The van der Waals surface area contributed by atoms with Crippen LogP contribution in [0.2, 0.25) is 0 Å². The van der Waals surface area contributed by atoms with Crippen molar-refractivity contribution in [1.29, 1.82) is 0 Å². The summed E-state index contributed by atoms with van der Waals surface area (Å²) in [6.07, 6.45) is 5.03. The second kappa shape index (κ2) is 9.40. The van der Waals surface area contributed by atoms with Gasteiger partial charge in [-0.3, -0.25) is 4.79 Å². The Labute approximate surface area is 151 Å². The lowest BCUT2D eigenvalue weighted by Crippen LogP contribution is -2.45. The van der Waals surface area contributed by atoms with E-state index in [-0.39, 0.29) is 24.4 Å². The van der Waals surface area contributed by atoms with Gasteiger partial charge in [0.1, 0.15) is 0 Å². The molecule has 1 aromatic rings. The maximum Gasteiger partial charge on any atom is 0.237 e. The van der Waals surface area contributed by atoms with E-state index in [2.05, 4.69) is 29.3 Å². The first-order chi connectivity index (χ1) is 11.2. The summed E-state index contributed by atoms with van der Waals surface area (Å²) in [5, 5.41) is 3.29. The summed E-state index contributed by atoms with van der Waals surface area (Å²) in [6, 6.07) is 10.6. The van der Waals surface area contributed by atoms with E-state index >= 15 is 0 Å². The number of benzene rings is 1. The lowest BCUT2D eigenvalue weighted by molar-refractivity contribution is -0.133. The van der Waals surface area contributed by atoms with Crippen LogP contribution in [0, 0.1) is 5.92 Å². The Balaban J connectivity index is 0.00000208. The smallest absolute Gasteiger partial charge is 0.237 e. The Morgan fingerprint density at radius 2 is 2.04 bits per heavy atom. The zero-order chi connectivity index (χ0) is 16.1. The molecule has 4 nitrogen and oxygen atoms in total. The van der Waals surface area contributed by atoms with Crippen molar-refractivity contribution in [3.8, 4) is 0 Å². The van der Waals surface area contributed by atoms with Crippen LogP contribution < -0.4 is 5.32 Å². The van der Waals surface area contributed by atoms with Crippen LogP contribution in [0.4, 0.5) is 0 Å². The molecule has 1 saturated heterocycles. The number of carbonyl (C=O) groups excluding carboxylic acids is 1. The van der Waals surface area contributed by atoms with Gasteiger partial charge in [-0.2, -0.15) is 0 Å². The number of carbonyl (C=O) groups is 1. The quantitative estimate of drug-likeness (QED) is 0.782. The van der Waals surface area contributed by atoms with E-state index in [4.69, 9.17) is 4.74 Å². The van der Waals surface area contributed by atoms with E-state index in [1.54, 1.807) is 0 Å². The summed E-state index contributed by atoms with van der Waals surface area (Å²) >= 11 is 0. The second-order valence-electron chi connectivity index (χ2n) is 6.85. The lowest BCUT2D eigenvalue weighted by Gasteiger charge is -2.30. The minimum absolute atomic E-state index is 0. The van der Waals surface area contributed by atoms with Crippen molar-refractivity contribution in [3.05, 3.63) is 35.9 Å². The SMILES string of the molecule is CC(C1CC1)N(Cc1ccccc1)C(=O)CNCC1CCCO1.Cl. The summed E-state index contributed by atoms with van der Waals surface area (Å²) in [5.41, 5.74) is 1.20. The van der Waals surface area contributed by atoms with Crippen molar-refractivity contribution in [2.24, 2.45) is 5.92 Å². The molecule has 0 spiro atoms. The Bertz CT molecular complexity index is 501. The number of nitrogens with zero attached hydrogens (tertiary/aromatic N) is 1. The number of hydrogen-bond acceptors (Lipinski definition) is 3. The first kappa shape index (κ1) is 19.2. The number of amides is 1. The van der Waals surface area contributed by atoms with Crippen LogP contribution in [0.25, 0.3) is 0 Å². The van der Waals surface area contributed by atoms with Crippen LogP contribution in [0.5, 0.6) is 0 Å². The van der Waals surface area contributed by atoms with Gasteiger partial charge in [0.05, 0.1) is 12.6 Å². The van der Waals surface area contributed by atoms with Gasteiger partial charge in [0.25, 0.3) is 0 Å². The number of rotatable bonds is 8. The normalized spacial score (nSPS) is 21.1. The predicted octanol–water partition coefficient (Wildman–Crippen LogP) is 3.00. The summed E-state index contributed by atoms with van der Waals surface area (Å²) in [7, 11) is 0. The van der Waals surface area contributed by atoms with Gasteiger partial charge >= 0.3 is 0 Å². The molecule has 1 amide bonds. The number of halogens is 1. The zero-order valence-corrected chi connectivity index (χ0v) is 15.3. The van der Waals surface area contributed by atoms with Crippen LogP contribution in [0.1, 0.15) is 38.2 Å². The molecule has 2 unspecified atom stereocenters. The molecule has 2 aliphatic rings. The fourth-order valence-electron chi connectivity index (χ4n) is 3.32. The van der Waals surface area contributed by atoms with Gasteiger partial charge in [0.15, 0.2) is 0 Å². The largest absolute Gasteiger partial charge is 0.377 e. The van der Waals surface area contributed by atoms with Gasteiger partial charge in [-0.1, -0.05) is 30.3 Å². The summed E-state index contributed by atoms with van der Waals surface area (Å²) < 4.78 is 5.60. The molecule has 134 valence electrons. The highest BCUT2D eigenvalue weighted by molar-refractivity contribution is 5.85. The molecule has 5 heteroatoms. The van der Waals surface area contributed by atoms with Gasteiger partial charge in [0.2, 0.25) is 5.91 Å². The first-order valence-electron chi connectivity index (χ1n) is 8.90. The van der Waals surface area contributed by atoms with E-state index in [0.29, 0.717) is 25.0 Å². The molecular weight excluding hydrogens is 324 g/mol. The van der Waals surface area contributed by atoms with Gasteiger partial charge in [-0.25, -0.2) is 0 Å². The highest BCUT2D eigenvalue weighted by Gasteiger charge is 2.34. The van der Waals surface area contributed by atoms with Crippen LogP contribution >= 0.6 is 12.4 Å². The first-order valence-corrected chi connectivity index (χ1v) is 8.90. The molecule has 2 atom stereocenters. The lowest BCUT2D eigenvalue weighted by atomic mass is 10.1. The van der Waals surface area contributed by atoms with E-state index in [9.17, 15) is 4.79 Å². The maximum absolute atomic E-state index is 12.7. The molecular formula is C19H29ClN2O2. The van der Waals surface area contributed by atoms with Crippen LogP contribution in [0.15, 0.2) is 30.3 Å². The van der Waals surface area contributed by atoms with E-state index in [0.717, 1.165) is 26.0 Å². The van der Waals surface area contributed by atoms with Gasteiger partial charge < -0.3 is 15.0 Å². The van der Waals surface area contributed by atoms with Crippen molar-refractivity contribution in [2.75, 3.05) is 19.7 Å². The third-order valence-corrected chi connectivity index (χ3v) is 4.98. The number of nitrogens with one attached hydrogen (secondary N) is 1. The van der Waals surface area contributed by atoms with Gasteiger partial charge in [-0.15, -0.1) is 12.4 Å². The topological polar surface area (TPSA) is 41.6 Å². The molecule has 1 heterocycles. The average Bonchev–Trinajstić information content (AvgIpc) is 3.30. The molecule has 1 aromatic carbocycles. The zero-order valence-electron chi connectivity index (χ0n) is 14.4. The number of ether oxygens (including phenoxy) is 1. The van der Waals surface area contributed by atoms with E-state index < -0.39 is 0 Å². The predicted molar refractivity (Wildman–Crippen MR) is 98.3 cm³/mol. The Morgan fingerprint density at radius 3 is 2.67 bits per heavy atom. The monoisotopic (exact) mass is 352 g/mol. The molecule has 0 aromatic heterocycles. The molecule has 1 aliphatic carbocycles. The fraction of sp³-hybridized carbons (Fsp3) is 0.632. The molecule has 1 aliphatic heterocycles. The van der Waals surface area contributed by atoms with Crippen LogP contribution in [-0.4, -0.2) is 42.6 Å². The third-order valence-electron chi connectivity index (χ3n) is 4.98. The van der Waals surface area contributed by atoms with Crippen molar-refractivity contribution in [3.63, 3.8) is 0 Å². The highest BCUT2D eigenvalue weighted by Crippen LogP contribution is 2.35. The molecule has 24 heavy (non-hydrogen) atoms. The van der Waals surface area contributed by atoms with Crippen LogP contribution in [-0.2, 0) is 16.1 Å². The minimum atomic E-state index is 0. The third kappa shape index (κ3) is 5.47. The Morgan fingerprint density at radius 1 is 1.29 bits per heavy atom. The average molecular weight is 353 g/mol. The van der Waals surface area contributed by atoms with Crippen molar-refractivity contribution in [2.45, 2.75) is 51.3 Å². The Kier molecular flexibility index (Phi) is 7.53. The van der Waals surface area contributed by atoms with Crippen LogP contribution in [0.3, 0.4) is 0 Å². The summed E-state index contributed by atoms with van der Waals surface area (Å²) in [6.45, 7) is 4.95. The fourth-order valence-corrected chi connectivity index (χ4v) is 3.32. The minimum Gasteiger partial charge on any atom is -0.377 e. The molecule has 3 rings (SSSR count). The Hall–Kier alpha value is -1.10. The van der Waals surface area contributed by atoms with Gasteiger partial charge in [0, 0.05) is 25.7 Å². The standard InChI is InChI=1S/C19H28N2O2.ClH/c1-15(17-9-10-17)21(14-16-6-3-2-4-7-16)19(22)13-20-12-18-8-5-11-23-18;/h2-4,6-7,15,17-18,20H,5,8-14H2,1H3;1H. The maximum atomic E-state index is 12.7. The second-order valence-corrected chi connectivity index (χ2v) is 6.85. The molecule has 0 bridgehead atoms. The summed E-state index contributed by atoms with van der Waals surface area (Å²) in [4.78, 5) is 14.8. The van der Waals surface area contributed by atoms with Crippen molar-refractivity contribution < 1.29 is 9.53 Å². The molecule has 0 radical (unpaired) electrons. The highest BCUT2D eigenvalue weighted by atomic mass is 35.5. The van der Waals surface area contributed by atoms with Gasteiger partial charge in [-0.05, 0) is 44.1 Å². The number of hydrogen-bond donors (Lipinski definition) is 1. The van der Waals surface area contributed by atoms with Crippen molar-refractivity contribution >= 4 is 18.3 Å². The molecule has 1 saturated carbocycles. The summed E-state index contributed by atoms with van der Waals surface area (Å²) in [5.74, 6) is 0.882. The molecule has 1 N–H and O–H groups in total. The van der Waals surface area contributed by atoms with E-state index in [1.165, 1.54) is 18.4 Å². The molecule has 2 fully saturated rings. The van der Waals surface area contributed by atoms with Crippen molar-refractivity contribution in [1.82, 2.24) is 10.2 Å². The van der Waals surface area contributed by atoms with E-state index in [1.807, 2.05) is 18.2 Å².